The minimum Gasteiger partial charge on any atom is -0.257 e. The van der Waals surface area contributed by atoms with E-state index in [1.165, 1.54) is 6.20 Å². The normalized spacial score (nSPS) is 13.6. The quantitative estimate of drug-likeness (QED) is 0.445. The third kappa shape index (κ3) is 5.47. The van der Waals surface area contributed by atoms with Gasteiger partial charge in [-0.3, -0.25) is 4.99 Å². The maximum absolute atomic E-state index is 4.24. The van der Waals surface area contributed by atoms with Crippen molar-refractivity contribution in [2.75, 3.05) is 0 Å². The van der Waals surface area contributed by atoms with Gasteiger partial charge in [0, 0.05) is 11.8 Å². The Morgan fingerprint density at radius 1 is 0.941 bits per heavy atom. The summed E-state index contributed by atoms with van der Waals surface area (Å²) in [6.07, 6.45) is 14.2. The summed E-state index contributed by atoms with van der Waals surface area (Å²) < 4.78 is 0. The van der Waals surface area contributed by atoms with E-state index in [2.05, 4.69) is 31.3 Å². The van der Waals surface area contributed by atoms with Gasteiger partial charge in [-0.05, 0) is 18.6 Å². The zero-order valence-electron chi connectivity index (χ0n) is 10.4. The van der Waals surface area contributed by atoms with Crippen molar-refractivity contribution in [2.24, 2.45) is 4.99 Å². The maximum Gasteiger partial charge on any atom is 0.0704 e. The van der Waals surface area contributed by atoms with E-state index in [-0.39, 0.29) is 0 Å². The molecule has 0 fully saturated rings. The molecule has 0 N–H and O–H groups in total. The molecule has 0 aliphatic rings. The van der Waals surface area contributed by atoms with Crippen LogP contribution in [-0.2, 0) is 0 Å². The van der Waals surface area contributed by atoms with Crippen LogP contribution in [0.5, 0.6) is 0 Å². The van der Waals surface area contributed by atoms with Crippen molar-refractivity contribution in [3.05, 3.63) is 86.2 Å². The molecule has 0 radical (unpaired) electrons. The third-order valence-corrected chi connectivity index (χ3v) is 1.97. The fourth-order valence-corrected chi connectivity index (χ4v) is 1.26. The average Bonchev–Trinajstić information content (AvgIpc) is 2.32. The molecule has 0 heterocycles. The molecule has 0 bridgehead atoms. The van der Waals surface area contributed by atoms with Gasteiger partial charge in [0.2, 0.25) is 0 Å². The highest BCUT2D eigenvalue weighted by atomic mass is 14.7. The van der Waals surface area contributed by atoms with E-state index in [1.807, 2.05) is 31.2 Å². The standard InChI is InChI=1S/C16H19N/c1-6-10-13-16(17-9-4)15(12-8-3)14(5)11-7-2/h6-13H,1-4H2,5H3/b13-10-,14-11-,15-12+,17-16?. The van der Waals surface area contributed by atoms with Crippen LogP contribution >= 0.6 is 0 Å². The molecule has 1 nitrogen and oxygen atoms in total. The van der Waals surface area contributed by atoms with Crippen LogP contribution in [0.2, 0.25) is 0 Å². The summed E-state index contributed by atoms with van der Waals surface area (Å²) >= 11 is 0. The van der Waals surface area contributed by atoms with Crippen LogP contribution in [-0.4, -0.2) is 5.71 Å². The Kier molecular flexibility index (Phi) is 7.95. The molecule has 0 atom stereocenters. The minimum absolute atomic E-state index is 0.815. The van der Waals surface area contributed by atoms with Crippen molar-refractivity contribution < 1.29 is 0 Å². The number of nitrogens with zero attached hydrogens (tertiary/aromatic N) is 1. The molecular formula is C16H19N. The van der Waals surface area contributed by atoms with Crippen molar-refractivity contribution in [3.8, 4) is 0 Å². The first-order valence-corrected chi connectivity index (χ1v) is 5.31. The second-order valence-electron chi connectivity index (χ2n) is 3.19. The third-order valence-electron chi connectivity index (χ3n) is 1.97. The summed E-state index contributed by atoms with van der Waals surface area (Å²) in [5.74, 6) is 0. The summed E-state index contributed by atoms with van der Waals surface area (Å²) in [6.45, 7) is 16.7. The smallest absolute Gasteiger partial charge is 0.0704 e. The molecule has 0 aromatic carbocycles. The highest BCUT2D eigenvalue weighted by Crippen LogP contribution is 2.13. The van der Waals surface area contributed by atoms with Crippen LogP contribution in [0.4, 0.5) is 0 Å². The summed E-state index contributed by atoms with van der Waals surface area (Å²) in [4.78, 5) is 4.24. The first-order valence-electron chi connectivity index (χ1n) is 5.31. The lowest BCUT2D eigenvalue weighted by molar-refractivity contribution is 1.44. The molecule has 0 saturated carbocycles. The zero-order valence-corrected chi connectivity index (χ0v) is 10.4. The van der Waals surface area contributed by atoms with Gasteiger partial charge >= 0.3 is 0 Å². The van der Waals surface area contributed by atoms with Crippen LogP contribution in [0.3, 0.4) is 0 Å². The van der Waals surface area contributed by atoms with E-state index < -0.39 is 0 Å². The molecule has 0 spiro atoms. The monoisotopic (exact) mass is 225 g/mol. The van der Waals surface area contributed by atoms with Gasteiger partial charge in [0.1, 0.15) is 0 Å². The van der Waals surface area contributed by atoms with E-state index >= 15 is 0 Å². The number of allylic oxidation sites excluding steroid dienone is 9. The van der Waals surface area contributed by atoms with E-state index in [0.717, 1.165) is 16.9 Å². The molecule has 1 heteroatoms. The van der Waals surface area contributed by atoms with E-state index in [1.54, 1.807) is 18.2 Å². The van der Waals surface area contributed by atoms with Gasteiger partial charge < -0.3 is 0 Å². The van der Waals surface area contributed by atoms with Gasteiger partial charge in [0.15, 0.2) is 0 Å². The average molecular weight is 225 g/mol. The molecule has 0 amide bonds. The van der Waals surface area contributed by atoms with Gasteiger partial charge in [-0.2, -0.15) is 0 Å². The zero-order chi connectivity index (χ0) is 13.1. The largest absolute Gasteiger partial charge is 0.257 e. The van der Waals surface area contributed by atoms with Crippen LogP contribution in [0, 0.1) is 0 Å². The Bertz CT molecular complexity index is 415. The Morgan fingerprint density at radius 2 is 1.59 bits per heavy atom. The lowest BCUT2D eigenvalue weighted by Crippen LogP contribution is -2.00. The van der Waals surface area contributed by atoms with Gasteiger partial charge in [0.25, 0.3) is 0 Å². The summed E-state index contributed by atoms with van der Waals surface area (Å²) in [7, 11) is 0. The summed E-state index contributed by atoms with van der Waals surface area (Å²) in [5.41, 5.74) is 2.86. The van der Waals surface area contributed by atoms with Crippen molar-refractivity contribution in [2.45, 2.75) is 6.92 Å². The number of rotatable bonds is 7. The summed E-state index contributed by atoms with van der Waals surface area (Å²) in [5, 5.41) is 0. The van der Waals surface area contributed by atoms with Crippen molar-refractivity contribution >= 4 is 5.71 Å². The van der Waals surface area contributed by atoms with E-state index in [4.69, 9.17) is 0 Å². The molecular weight excluding hydrogens is 206 g/mol. The number of aliphatic imine (C=N–C) groups is 1. The predicted molar refractivity (Wildman–Crippen MR) is 79.2 cm³/mol. The lowest BCUT2D eigenvalue weighted by atomic mass is 10.0. The minimum atomic E-state index is 0.815. The fourth-order valence-electron chi connectivity index (χ4n) is 1.26. The lowest BCUT2D eigenvalue weighted by Gasteiger charge is -2.06. The number of hydrogen-bond acceptors (Lipinski definition) is 1. The fraction of sp³-hybridized carbons (Fsp3) is 0.0625. The molecule has 0 rings (SSSR count). The van der Waals surface area contributed by atoms with Crippen molar-refractivity contribution in [1.29, 1.82) is 0 Å². The Morgan fingerprint density at radius 3 is 2.06 bits per heavy atom. The van der Waals surface area contributed by atoms with Crippen LogP contribution in [0.15, 0.2) is 91.2 Å². The van der Waals surface area contributed by atoms with Gasteiger partial charge in [-0.1, -0.05) is 62.8 Å². The van der Waals surface area contributed by atoms with Crippen LogP contribution in [0.25, 0.3) is 0 Å². The topological polar surface area (TPSA) is 12.4 Å². The first kappa shape index (κ1) is 14.8. The molecule has 17 heavy (non-hydrogen) atoms. The van der Waals surface area contributed by atoms with Crippen molar-refractivity contribution in [3.63, 3.8) is 0 Å². The van der Waals surface area contributed by atoms with Gasteiger partial charge in [-0.15, -0.1) is 0 Å². The molecule has 88 valence electrons. The SMILES string of the molecule is C=C/C=C\C(=NC=C)C(=C/C=C)/C(C)=C\C=C. The Labute approximate surface area is 104 Å². The summed E-state index contributed by atoms with van der Waals surface area (Å²) in [6, 6.07) is 0. The molecule has 0 aliphatic carbocycles. The second kappa shape index (κ2) is 9.10. The Balaban J connectivity index is 5.55. The van der Waals surface area contributed by atoms with E-state index in [9.17, 15) is 0 Å². The number of hydrogen-bond donors (Lipinski definition) is 0. The molecule has 0 unspecified atom stereocenters. The van der Waals surface area contributed by atoms with Gasteiger partial charge in [0.05, 0.1) is 5.71 Å². The molecule has 0 aromatic heterocycles. The van der Waals surface area contributed by atoms with E-state index in [0.29, 0.717) is 0 Å². The maximum atomic E-state index is 4.24. The first-order chi connectivity index (χ1) is 8.21. The van der Waals surface area contributed by atoms with Crippen LogP contribution < -0.4 is 0 Å². The molecule has 0 aromatic rings. The highest BCUT2D eigenvalue weighted by molar-refractivity contribution is 6.11. The molecule has 0 aliphatic heterocycles. The van der Waals surface area contributed by atoms with Gasteiger partial charge in [-0.25, -0.2) is 0 Å². The van der Waals surface area contributed by atoms with Crippen LogP contribution in [0.1, 0.15) is 6.92 Å². The van der Waals surface area contributed by atoms with Crippen molar-refractivity contribution in [1.82, 2.24) is 0 Å². The highest BCUT2D eigenvalue weighted by Gasteiger charge is 2.04. The second-order valence-corrected chi connectivity index (χ2v) is 3.19. The molecule has 0 saturated heterocycles. The predicted octanol–water partition coefficient (Wildman–Crippen LogP) is 4.56. The Hall–Kier alpha value is -2.15.